The zero-order valence-electron chi connectivity index (χ0n) is 12.2. The summed E-state index contributed by atoms with van der Waals surface area (Å²) in [6.07, 6.45) is 3.69. The zero-order valence-corrected chi connectivity index (χ0v) is 12.9. The predicted octanol–water partition coefficient (Wildman–Crippen LogP) is 4.21. The van der Waals surface area contributed by atoms with Crippen molar-refractivity contribution in [1.82, 2.24) is 0 Å². The van der Waals surface area contributed by atoms with Crippen molar-refractivity contribution in [3.05, 3.63) is 28.8 Å². The van der Waals surface area contributed by atoms with Gasteiger partial charge in [0.25, 0.3) is 0 Å². The highest BCUT2D eigenvalue weighted by Gasteiger charge is 2.40. The van der Waals surface area contributed by atoms with Crippen molar-refractivity contribution in [2.24, 2.45) is 17.6 Å². The minimum absolute atomic E-state index is 0.0102. The van der Waals surface area contributed by atoms with Crippen molar-refractivity contribution in [3.63, 3.8) is 0 Å². The van der Waals surface area contributed by atoms with Crippen molar-refractivity contribution in [3.8, 4) is 0 Å². The van der Waals surface area contributed by atoms with Crippen LogP contribution in [-0.4, -0.2) is 12.1 Å². The van der Waals surface area contributed by atoms with Crippen LogP contribution in [0.5, 0.6) is 0 Å². The number of benzene rings is 1. The normalized spacial score (nSPS) is 31.2. The Bertz CT molecular complexity index is 446. The third-order valence-electron chi connectivity index (χ3n) is 4.94. The molecule has 106 valence electrons. The Labute approximate surface area is 121 Å². The Morgan fingerprint density at radius 2 is 2.16 bits per heavy atom. The number of aryl methyl sites for hydroxylation is 1. The molecule has 3 unspecified atom stereocenters. The fraction of sp³-hybridized carbons (Fsp3) is 0.625. The Hall–Kier alpha value is -0.730. The summed E-state index contributed by atoms with van der Waals surface area (Å²) >= 11 is 6.21. The molecule has 1 fully saturated rings. The van der Waals surface area contributed by atoms with Gasteiger partial charge in [0.15, 0.2) is 0 Å². The monoisotopic (exact) mass is 280 g/mol. The van der Waals surface area contributed by atoms with Gasteiger partial charge in [0.05, 0.1) is 5.54 Å². The maximum absolute atomic E-state index is 6.21. The van der Waals surface area contributed by atoms with Crippen LogP contribution in [0, 0.1) is 18.8 Å². The lowest BCUT2D eigenvalue weighted by molar-refractivity contribution is 0.168. The molecular weight excluding hydrogens is 256 g/mol. The van der Waals surface area contributed by atoms with Gasteiger partial charge in [-0.25, -0.2) is 0 Å². The van der Waals surface area contributed by atoms with Crippen LogP contribution in [0.15, 0.2) is 18.2 Å². The lowest BCUT2D eigenvalue weighted by Gasteiger charge is -2.46. The van der Waals surface area contributed by atoms with E-state index < -0.39 is 0 Å². The SMILES string of the molecule is Cc1ccc(NC2(CN)CCCC(C)C2C)cc1Cl. The molecule has 2 nitrogen and oxygen atoms in total. The molecule has 1 saturated carbocycles. The molecule has 0 spiro atoms. The van der Waals surface area contributed by atoms with Gasteiger partial charge in [0.2, 0.25) is 0 Å². The van der Waals surface area contributed by atoms with Crippen LogP contribution < -0.4 is 11.1 Å². The lowest BCUT2D eigenvalue weighted by Crippen LogP contribution is -2.54. The molecule has 0 bridgehead atoms. The second kappa shape index (κ2) is 5.72. The van der Waals surface area contributed by atoms with Gasteiger partial charge in [-0.3, -0.25) is 0 Å². The average molecular weight is 281 g/mol. The Morgan fingerprint density at radius 3 is 2.79 bits per heavy atom. The summed E-state index contributed by atoms with van der Waals surface area (Å²) < 4.78 is 0. The second-order valence-corrected chi connectivity index (χ2v) is 6.51. The van der Waals surface area contributed by atoms with Crippen LogP contribution >= 0.6 is 11.6 Å². The summed E-state index contributed by atoms with van der Waals surface area (Å²) in [5.74, 6) is 1.29. The number of hydrogen-bond donors (Lipinski definition) is 2. The smallest absolute Gasteiger partial charge is 0.0523 e. The molecule has 1 aromatic carbocycles. The van der Waals surface area contributed by atoms with Gasteiger partial charge in [-0.15, -0.1) is 0 Å². The van der Waals surface area contributed by atoms with Gasteiger partial charge in [0.1, 0.15) is 0 Å². The molecule has 1 aromatic rings. The molecule has 1 aliphatic carbocycles. The fourth-order valence-electron chi connectivity index (χ4n) is 3.24. The standard InChI is InChI=1S/C16H25ClN2/c1-11-5-4-8-16(10-18,13(11)3)19-14-7-6-12(2)15(17)9-14/h6-7,9,11,13,19H,4-5,8,10,18H2,1-3H3. The molecule has 1 aliphatic rings. The summed E-state index contributed by atoms with van der Waals surface area (Å²) in [6.45, 7) is 7.34. The number of nitrogens with two attached hydrogens (primary N) is 1. The highest BCUT2D eigenvalue weighted by Crippen LogP contribution is 2.39. The highest BCUT2D eigenvalue weighted by atomic mass is 35.5. The van der Waals surface area contributed by atoms with Gasteiger partial charge in [-0.05, 0) is 42.9 Å². The molecule has 3 heteroatoms. The summed E-state index contributed by atoms with van der Waals surface area (Å²) in [7, 11) is 0. The summed E-state index contributed by atoms with van der Waals surface area (Å²) in [5, 5.41) is 4.50. The third kappa shape index (κ3) is 2.90. The molecule has 0 amide bonds. The number of rotatable bonds is 3. The fourth-order valence-corrected chi connectivity index (χ4v) is 3.42. The molecular formula is C16H25ClN2. The molecule has 0 radical (unpaired) electrons. The van der Waals surface area contributed by atoms with Gasteiger partial charge in [-0.1, -0.05) is 44.4 Å². The van der Waals surface area contributed by atoms with E-state index in [0.717, 1.165) is 22.7 Å². The first-order valence-corrected chi connectivity index (χ1v) is 7.61. The molecule has 0 heterocycles. The van der Waals surface area contributed by atoms with Crippen LogP contribution in [0.4, 0.5) is 5.69 Å². The Balaban J connectivity index is 2.24. The van der Waals surface area contributed by atoms with Crippen molar-refractivity contribution < 1.29 is 0 Å². The van der Waals surface area contributed by atoms with E-state index in [1.165, 1.54) is 12.8 Å². The van der Waals surface area contributed by atoms with Gasteiger partial charge >= 0.3 is 0 Å². The summed E-state index contributed by atoms with van der Waals surface area (Å²) in [5.41, 5.74) is 8.32. The molecule has 0 aliphatic heterocycles. The highest BCUT2D eigenvalue weighted by molar-refractivity contribution is 6.31. The average Bonchev–Trinajstić information content (AvgIpc) is 2.39. The lowest BCUT2D eigenvalue weighted by atomic mass is 9.68. The second-order valence-electron chi connectivity index (χ2n) is 6.11. The van der Waals surface area contributed by atoms with E-state index in [1.807, 2.05) is 13.0 Å². The van der Waals surface area contributed by atoms with Crippen molar-refractivity contribution in [1.29, 1.82) is 0 Å². The van der Waals surface area contributed by atoms with Crippen LogP contribution in [-0.2, 0) is 0 Å². The van der Waals surface area contributed by atoms with Gasteiger partial charge < -0.3 is 11.1 Å². The van der Waals surface area contributed by atoms with E-state index in [9.17, 15) is 0 Å². The predicted molar refractivity (Wildman–Crippen MR) is 83.8 cm³/mol. The maximum atomic E-state index is 6.21. The molecule has 3 N–H and O–H groups in total. The maximum Gasteiger partial charge on any atom is 0.0523 e. The molecule has 0 aromatic heterocycles. The third-order valence-corrected chi connectivity index (χ3v) is 5.34. The molecule has 3 atom stereocenters. The van der Waals surface area contributed by atoms with Crippen molar-refractivity contribution >= 4 is 17.3 Å². The quantitative estimate of drug-likeness (QED) is 0.870. The van der Waals surface area contributed by atoms with Crippen LogP contribution in [0.25, 0.3) is 0 Å². The molecule has 19 heavy (non-hydrogen) atoms. The minimum atomic E-state index is 0.0102. The van der Waals surface area contributed by atoms with Crippen LogP contribution in [0.2, 0.25) is 5.02 Å². The van der Waals surface area contributed by atoms with Crippen molar-refractivity contribution in [2.45, 2.75) is 45.6 Å². The number of nitrogens with one attached hydrogen (secondary N) is 1. The first kappa shape index (κ1) is 14.7. The van der Waals surface area contributed by atoms with E-state index in [0.29, 0.717) is 18.4 Å². The topological polar surface area (TPSA) is 38.0 Å². The van der Waals surface area contributed by atoms with E-state index in [-0.39, 0.29) is 5.54 Å². The zero-order chi connectivity index (χ0) is 14.0. The largest absolute Gasteiger partial charge is 0.378 e. The molecule has 0 saturated heterocycles. The van der Waals surface area contributed by atoms with Gasteiger partial charge in [0, 0.05) is 17.3 Å². The van der Waals surface area contributed by atoms with Gasteiger partial charge in [-0.2, -0.15) is 0 Å². The Kier molecular flexibility index (Phi) is 4.42. The van der Waals surface area contributed by atoms with E-state index >= 15 is 0 Å². The van der Waals surface area contributed by atoms with E-state index in [1.54, 1.807) is 0 Å². The minimum Gasteiger partial charge on any atom is -0.378 e. The van der Waals surface area contributed by atoms with Crippen LogP contribution in [0.1, 0.15) is 38.7 Å². The van der Waals surface area contributed by atoms with E-state index in [4.69, 9.17) is 17.3 Å². The number of anilines is 1. The van der Waals surface area contributed by atoms with E-state index in [2.05, 4.69) is 31.3 Å². The summed E-state index contributed by atoms with van der Waals surface area (Å²) in [6, 6.07) is 6.18. The van der Waals surface area contributed by atoms with Crippen molar-refractivity contribution in [2.75, 3.05) is 11.9 Å². The number of hydrogen-bond acceptors (Lipinski definition) is 2. The molecule has 2 rings (SSSR count). The first-order chi connectivity index (χ1) is 8.98. The summed E-state index contributed by atoms with van der Waals surface area (Å²) in [4.78, 5) is 0. The number of halogens is 1. The van der Waals surface area contributed by atoms with Crippen LogP contribution in [0.3, 0.4) is 0 Å². The Morgan fingerprint density at radius 1 is 1.42 bits per heavy atom. The first-order valence-electron chi connectivity index (χ1n) is 7.23.